The first-order valence-electron chi connectivity index (χ1n) is 3.84. The molecule has 0 radical (unpaired) electrons. The Morgan fingerprint density at radius 1 is 1.40 bits per heavy atom. The standard InChI is InChI=1S/C10H5F2NO2/c11-8-2-1-6(4-9(8)12)3-7(5-13)10(14)15/h1-4H,(H,14,15)/b7-3+. The van der Waals surface area contributed by atoms with Gasteiger partial charge in [0.25, 0.3) is 0 Å². The van der Waals surface area contributed by atoms with Crippen LogP contribution in [0.5, 0.6) is 0 Å². The first kappa shape index (κ1) is 10.9. The monoisotopic (exact) mass is 209 g/mol. The molecule has 0 unspecified atom stereocenters. The van der Waals surface area contributed by atoms with Crippen molar-refractivity contribution in [3.63, 3.8) is 0 Å². The van der Waals surface area contributed by atoms with Crippen molar-refractivity contribution in [2.24, 2.45) is 0 Å². The van der Waals surface area contributed by atoms with Gasteiger partial charge < -0.3 is 5.11 Å². The molecule has 76 valence electrons. The van der Waals surface area contributed by atoms with E-state index in [0.29, 0.717) is 0 Å². The largest absolute Gasteiger partial charge is 0.477 e. The summed E-state index contributed by atoms with van der Waals surface area (Å²) in [4.78, 5) is 10.4. The highest BCUT2D eigenvalue weighted by Crippen LogP contribution is 2.12. The van der Waals surface area contributed by atoms with Gasteiger partial charge in [-0.3, -0.25) is 0 Å². The highest BCUT2D eigenvalue weighted by atomic mass is 19.2. The van der Waals surface area contributed by atoms with E-state index in [1.165, 1.54) is 12.1 Å². The van der Waals surface area contributed by atoms with Crippen LogP contribution in [0.2, 0.25) is 0 Å². The van der Waals surface area contributed by atoms with Gasteiger partial charge >= 0.3 is 5.97 Å². The average Bonchev–Trinajstić information content (AvgIpc) is 2.19. The summed E-state index contributed by atoms with van der Waals surface area (Å²) in [6.07, 6.45) is 0.963. The lowest BCUT2D eigenvalue weighted by Gasteiger charge is -1.95. The SMILES string of the molecule is N#C/C(=C\c1ccc(F)c(F)c1)C(=O)O. The molecule has 0 bridgehead atoms. The zero-order valence-corrected chi connectivity index (χ0v) is 7.37. The Bertz CT molecular complexity index is 475. The molecule has 15 heavy (non-hydrogen) atoms. The van der Waals surface area contributed by atoms with Crippen molar-refractivity contribution in [1.82, 2.24) is 0 Å². The molecule has 0 aliphatic heterocycles. The normalized spacial score (nSPS) is 10.9. The van der Waals surface area contributed by atoms with Gasteiger partial charge in [0.05, 0.1) is 0 Å². The Hall–Kier alpha value is -2.22. The van der Waals surface area contributed by atoms with E-state index in [-0.39, 0.29) is 5.56 Å². The highest BCUT2D eigenvalue weighted by Gasteiger charge is 2.07. The molecule has 1 aromatic carbocycles. The van der Waals surface area contributed by atoms with Crippen molar-refractivity contribution in [3.8, 4) is 6.07 Å². The fourth-order valence-corrected chi connectivity index (χ4v) is 0.911. The van der Waals surface area contributed by atoms with Gasteiger partial charge in [-0.1, -0.05) is 6.07 Å². The molecule has 0 aromatic heterocycles. The molecule has 0 amide bonds. The summed E-state index contributed by atoms with van der Waals surface area (Å²) in [6.45, 7) is 0. The van der Waals surface area contributed by atoms with Crippen molar-refractivity contribution in [2.75, 3.05) is 0 Å². The summed E-state index contributed by atoms with van der Waals surface area (Å²) in [5, 5.41) is 16.9. The zero-order valence-electron chi connectivity index (χ0n) is 7.37. The van der Waals surface area contributed by atoms with Crippen LogP contribution >= 0.6 is 0 Å². The number of carbonyl (C=O) groups is 1. The molecule has 1 aromatic rings. The van der Waals surface area contributed by atoms with Crippen LogP contribution in [0.25, 0.3) is 6.08 Å². The lowest BCUT2D eigenvalue weighted by molar-refractivity contribution is -0.132. The van der Waals surface area contributed by atoms with Gasteiger partial charge in [-0.15, -0.1) is 0 Å². The number of nitrogens with zero attached hydrogens (tertiary/aromatic N) is 1. The molecular weight excluding hydrogens is 204 g/mol. The molecule has 1 rings (SSSR count). The number of halogens is 2. The molecule has 0 aliphatic carbocycles. The predicted molar refractivity (Wildman–Crippen MR) is 47.6 cm³/mol. The quantitative estimate of drug-likeness (QED) is 0.598. The summed E-state index contributed by atoms with van der Waals surface area (Å²) >= 11 is 0. The highest BCUT2D eigenvalue weighted by molar-refractivity contribution is 5.96. The number of nitriles is 1. The Balaban J connectivity index is 3.14. The van der Waals surface area contributed by atoms with Crippen LogP contribution in [0.3, 0.4) is 0 Å². The van der Waals surface area contributed by atoms with E-state index in [9.17, 15) is 13.6 Å². The van der Waals surface area contributed by atoms with Crippen LogP contribution in [-0.4, -0.2) is 11.1 Å². The first-order valence-corrected chi connectivity index (χ1v) is 3.84. The maximum Gasteiger partial charge on any atom is 0.346 e. The number of hydrogen-bond donors (Lipinski definition) is 1. The molecule has 0 fully saturated rings. The fraction of sp³-hybridized carbons (Fsp3) is 0. The van der Waals surface area contributed by atoms with Gasteiger partial charge in [0.15, 0.2) is 11.6 Å². The molecule has 0 saturated carbocycles. The number of carboxylic acids is 1. The Morgan fingerprint density at radius 3 is 2.53 bits per heavy atom. The molecule has 0 saturated heterocycles. The lowest BCUT2D eigenvalue weighted by Crippen LogP contribution is -1.97. The van der Waals surface area contributed by atoms with E-state index >= 15 is 0 Å². The minimum atomic E-state index is -1.41. The van der Waals surface area contributed by atoms with Crippen LogP contribution in [0.15, 0.2) is 23.8 Å². The second kappa shape index (κ2) is 4.33. The van der Waals surface area contributed by atoms with Gasteiger partial charge in [-0.2, -0.15) is 5.26 Å². The van der Waals surface area contributed by atoms with E-state index in [2.05, 4.69) is 0 Å². The second-order valence-corrected chi connectivity index (χ2v) is 2.65. The van der Waals surface area contributed by atoms with E-state index < -0.39 is 23.2 Å². The topological polar surface area (TPSA) is 61.1 Å². The zero-order chi connectivity index (χ0) is 11.4. The third kappa shape index (κ3) is 2.61. The van der Waals surface area contributed by atoms with Crippen LogP contribution in [0.1, 0.15) is 5.56 Å². The Labute approximate surface area is 83.9 Å². The van der Waals surface area contributed by atoms with E-state index in [0.717, 1.165) is 18.2 Å². The summed E-state index contributed by atoms with van der Waals surface area (Å²) in [6, 6.07) is 4.28. The third-order valence-corrected chi connectivity index (χ3v) is 1.61. The lowest BCUT2D eigenvalue weighted by atomic mass is 10.1. The summed E-state index contributed by atoms with van der Waals surface area (Å²) in [5.41, 5.74) is -0.422. The Kier molecular flexibility index (Phi) is 3.13. The van der Waals surface area contributed by atoms with Gasteiger partial charge in [0, 0.05) is 0 Å². The van der Waals surface area contributed by atoms with Crippen molar-refractivity contribution in [2.45, 2.75) is 0 Å². The molecule has 0 spiro atoms. The molecule has 5 heteroatoms. The Morgan fingerprint density at radius 2 is 2.07 bits per heavy atom. The van der Waals surface area contributed by atoms with Crippen molar-refractivity contribution in [3.05, 3.63) is 41.0 Å². The van der Waals surface area contributed by atoms with Crippen molar-refractivity contribution in [1.29, 1.82) is 5.26 Å². The number of carboxylic acid groups (broad SMARTS) is 1. The van der Waals surface area contributed by atoms with Crippen molar-refractivity contribution < 1.29 is 18.7 Å². The number of aliphatic carboxylic acids is 1. The predicted octanol–water partition coefficient (Wildman–Crippen LogP) is 1.96. The smallest absolute Gasteiger partial charge is 0.346 e. The van der Waals surface area contributed by atoms with Gasteiger partial charge in [-0.05, 0) is 23.8 Å². The first-order chi connectivity index (χ1) is 7.04. The van der Waals surface area contributed by atoms with Crippen molar-refractivity contribution >= 4 is 12.0 Å². The van der Waals surface area contributed by atoms with Gasteiger partial charge in [-0.25, -0.2) is 13.6 Å². The van der Waals surface area contributed by atoms with Crippen LogP contribution in [-0.2, 0) is 4.79 Å². The molecule has 0 aliphatic rings. The van der Waals surface area contributed by atoms with Crippen LogP contribution in [0, 0.1) is 23.0 Å². The van der Waals surface area contributed by atoms with Gasteiger partial charge in [0.2, 0.25) is 0 Å². The fourth-order valence-electron chi connectivity index (χ4n) is 0.911. The third-order valence-electron chi connectivity index (χ3n) is 1.61. The molecule has 1 N–H and O–H groups in total. The van der Waals surface area contributed by atoms with E-state index in [4.69, 9.17) is 10.4 Å². The summed E-state index contributed by atoms with van der Waals surface area (Å²) < 4.78 is 25.2. The maximum atomic E-state index is 12.7. The molecule has 0 heterocycles. The number of hydrogen-bond acceptors (Lipinski definition) is 2. The van der Waals surface area contributed by atoms with Crippen LogP contribution < -0.4 is 0 Å². The number of rotatable bonds is 2. The molecular formula is C10H5F2NO2. The number of benzene rings is 1. The van der Waals surface area contributed by atoms with Crippen LogP contribution in [0.4, 0.5) is 8.78 Å². The summed E-state index contributed by atoms with van der Waals surface area (Å²) in [7, 11) is 0. The summed E-state index contributed by atoms with van der Waals surface area (Å²) in [5.74, 6) is -3.53. The minimum Gasteiger partial charge on any atom is -0.477 e. The van der Waals surface area contributed by atoms with E-state index in [1.807, 2.05) is 0 Å². The second-order valence-electron chi connectivity index (χ2n) is 2.65. The van der Waals surface area contributed by atoms with Gasteiger partial charge in [0.1, 0.15) is 11.6 Å². The average molecular weight is 209 g/mol. The maximum absolute atomic E-state index is 12.7. The molecule has 3 nitrogen and oxygen atoms in total. The van der Waals surface area contributed by atoms with E-state index in [1.54, 1.807) is 0 Å². The minimum absolute atomic E-state index is 0.118. The molecule has 0 atom stereocenters.